The van der Waals surface area contributed by atoms with Gasteiger partial charge in [0.05, 0.1) is 22.1 Å². The van der Waals surface area contributed by atoms with Crippen LogP contribution in [0.3, 0.4) is 0 Å². The van der Waals surface area contributed by atoms with Crippen LogP contribution in [0.1, 0.15) is 22.3 Å². The van der Waals surface area contributed by atoms with E-state index in [0.29, 0.717) is 0 Å². The highest BCUT2D eigenvalue weighted by Crippen LogP contribution is 2.60. The lowest BCUT2D eigenvalue weighted by molar-refractivity contribution is 0.748. The summed E-state index contributed by atoms with van der Waals surface area (Å²) in [7, 11) is 0. The maximum absolute atomic E-state index is 2.54. The predicted octanol–water partition coefficient (Wildman–Crippen LogP) is 12.6. The Morgan fingerprint density at radius 2 is 0.800 bits per heavy atom. The normalized spacial score (nSPS) is 13.8. The van der Waals surface area contributed by atoms with Gasteiger partial charge in [-0.05, 0) is 101 Å². The van der Waals surface area contributed by atoms with Crippen molar-refractivity contribution in [3.8, 4) is 27.9 Å². The van der Waals surface area contributed by atoms with Crippen LogP contribution in [0.2, 0.25) is 0 Å². The molecule has 1 aliphatic carbocycles. The van der Waals surface area contributed by atoms with Crippen LogP contribution in [0.5, 0.6) is 0 Å². The van der Waals surface area contributed by atoms with Crippen molar-refractivity contribution in [1.82, 2.24) is 4.57 Å². The van der Waals surface area contributed by atoms with E-state index in [-0.39, 0.29) is 0 Å². The van der Waals surface area contributed by atoms with Crippen molar-refractivity contribution in [3.05, 3.63) is 198 Å². The average molecular weight is 632 g/mol. The van der Waals surface area contributed by atoms with Gasteiger partial charge in [-0.1, -0.05) is 152 Å². The molecule has 0 bridgehead atoms. The van der Waals surface area contributed by atoms with Crippen molar-refractivity contribution >= 4 is 54.1 Å². The van der Waals surface area contributed by atoms with Gasteiger partial charge in [0.1, 0.15) is 0 Å². The molecule has 1 aromatic heterocycles. The maximum Gasteiger partial charge on any atom is 0.0754 e. The molecular formula is C49H29N. The van der Waals surface area contributed by atoms with Crippen molar-refractivity contribution in [2.24, 2.45) is 0 Å². The van der Waals surface area contributed by atoms with Gasteiger partial charge >= 0.3 is 0 Å². The van der Waals surface area contributed by atoms with Gasteiger partial charge < -0.3 is 4.57 Å². The van der Waals surface area contributed by atoms with E-state index < -0.39 is 5.41 Å². The third-order valence-electron chi connectivity index (χ3n) is 11.8. The third kappa shape index (κ3) is 3.10. The molecule has 9 aromatic carbocycles. The van der Waals surface area contributed by atoms with Gasteiger partial charge in [0.25, 0.3) is 0 Å². The molecule has 0 atom stereocenters. The van der Waals surface area contributed by atoms with E-state index in [1.807, 2.05) is 0 Å². The summed E-state index contributed by atoms with van der Waals surface area (Å²) >= 11 is 0. The predicted molar refractivity (Wildman–Crippen MR) is 210 cm³/mol. The lowest BCUT2D eigenvalue weighted by Crippen LogP contribution is -2.33. The lowest BCUT2D eigenvalue weighted by Gasteiger charge is -2.39. The third-order valence-corrected chi connectivity index (χ3v) is 11.8. The van der Waals surface area contributed by atoms with Crippen LogP contribution in [0, 0.1) is 0 Å². The molecule has 50 heavy (non-hydrogen) atoms. The zero-order valence-corrected chi connectivity index (χ0v) is 27.2. The van der Waals surface area contributed by atoms with E-state index in [1.54, 1.807) is 0 Å². The van der Waals surface area contributed by atoms with Gasteiger partial charge in [-0.15, -0.1) is 0 Å². The molecule has 0 fully saturated rings. The van der Waals surface area contributed by atoms with Gasteiger partial charge in [-0.3, -0.25) is 0 Å². The number of hydrogen-bond donors (Lipinski definition) is 0. The number of nitrogens with zero attached hydrogens (tertiary/aromatic N) is 1. The molecular weight excluding hydrogens is 603 g/mol. The van der Waals surface area contributed by atoms with Gasteiger partial charge in [0.15, 0.2) is 0 Å². The highest BCUT2D eigenvalue weighted by atomic mass is 15.0. The van der Waals surface area contributed by atoms with Crippen LogP contribution in [0.25, 0.3) is 82.1 Å². The number of aromatic nitrogens is 1. The van der Waals surface area contributed by atoms with E-state index >= 15 is 0 Å². The summed E-state index contributed by atoms with van der Waals surface area (Å²) in [5, 5.41) is 10.4. The van der Waals surface area contributed by atoms with Crippen molar-refractivity contribution in [2.45, 2.75) is 5.41 Å². The smallest absolute Gasteiger partial charge is 0.0754 e. The molecule has 0 N–H and O–H groups in total. The minimum absolute atomic E-state index is 0.390. The maximum atomic E-state index is 2.54. The Morgan fingerprint density at radius 3 is 1.48 bits per heavy atom. The number of fused-ring (bicyclic) bond motifs is 18. The number of benzene rings is 9. The molecule has 0 amide bonds. The minimum atomic E-state index is -0.390. The monoisotopic (exact) mass is 631 g/mol. The van der Waals surface area contributed by atoms with E-state index in [9.17, 15) is 0 Å². The zero-order chi connectivity index (χ0) is 32.6. The van der Waals surface area contributed by atoms with Crippen molar-refractivity contribution in [3.63, 3.8) is 0 Å². The molecule has 0 radical (unpaired) electrons. The first kappa shape index (κ1) is 26.5. The Morgan fingerprint density at radius 1 is 0.320 bits per heavy atom. The van der Waals surface area contributed by atoms with Crippen LogP contribution in [0.4, 0.5) is 0 Å². The number of hydrogen-bond acceptors (Lipinski definition) is 0. The Hall–Kier alpha value is -6.44. The summed E-state index contributed by atoms with van der Waals surface area (Å²) in [4.78, 5) is 0. The van der Waals surface area contributed by atoms with Crippen molar-refractivity contribution in [1.29, 1.82) is 0 Å². The Labute approximate surface area is 289 Å². The first-order valence-electron chi connectivity index (χ1n) is 17.5. The average Bonchev–Trinajstić information content (AvgIpc) is 3.68. The Balaban J connectivity index is 1.16. The van der Waals surface area contributed by atoms with Gasteiger partial charge in [-0.2, -0.15) is 0 Å². The molecule has 2 aliphatic rings. The Kier molecular flexibility index (Phi) is 4.97. The van der Waals surface area contributed by atoms with Crippen molar-refractivity contribution in [2.75, 3.05) is 0 Å². The summed E-state index contributed by atoms with van der Waals surface area (Å²) in [5.74, 6) is 0. The molecule has 0 saturated heterocycles. The van der Waals surface area contributed by atoms with Crippen LogP contribution >= 0.6 is 0 Å². The summed E-state index contributed by atoms with van der Waals surface area (Å²) in [6, 6.07) is 66.0. The SMILES string of the molecule is c1ccc2c(c1)-c1ccccc1C21c2ccccc2-n2c3ccc(-c4ccc5c6ccccc6c6ccccc6c5c4)cc3c3cccc1c32. The number of para-hydroxylation sites is 2. The molecule has 230 valence electrons. The molecule has 0 saturated carbocycles. The van der Waals surface area contributed by atoms with Crippen LogP contribution in [-0.4, -0.2) is 4.57 Å². The van der Waals surface area contributed by atoms with E-state index in [2.05, 4.69) is 180 Å². The second kappa shape index (κ2) is 9.37. The van der Waals surface area contributed by atoms with E-state index in [0.717, 1.165) is 0 Å². The van der Waals surface area contributed by atoms with Crippen LogP contribution in [0.15, 0.2) is 176 Å². The van der Waals surface area contributed by atoms with E-state index in [4.69, 9.17) is 0 Å². The van der Waals surface area contributed by atoms with Gasteiger partial charge in [-0.25, -0.2) is 0 Å². The second-order valence-electron chi connectivity index (χ2n) is 14.0. The first-order chi connectivity index (χ1) is 24.8. The first-order valence-corrected chi connectivity index (χ1v) is 17.5. The zero-order valence-electron chi connectivity index (χ0n) is 27.2. The lowest BCUT2D eigenvalue weighted by atomic mass is 9.65. The second-order valence-corrected chi connectivity index (χ2v) is 14.0. The quantitative estimate of drug-likeness (QED) is 0.159. The fraction of sp³-hybridized carbons (Fsp3) is 0.0204. The minimum Gasteiger partial charge on any atom is -0.309 e. The van der Waals surface area contributed by atoms with Crippen LogP contribution < -0.4 is 0 Å². The topological polar surface area (TPSA) is 4.93 Å². The van der Waals surface area contributed by atoms with Crippen molar-refractivity contribution < 1.29 is 0 Å². The highest BCUT2D eigenvalue weighted by molar-refractivity contribution is 6.26. The molecule has 12 rings (SSSR count). The molecule has 10 aromatic rings. The van der Waals surface area contributed by atoms with E-state index in [1.165, 1.54) is 104 Å². The standard InChI is InChI=1S/C49H29N/c1-2-14-34-32(12-1)33-13-3-4-15-35(33)40-28-30(24-26-36(34)40)31-25-27-46-41(29-31)39-18-11-22-45-48(39)50(46)47-23-10-9-21-44(47)49(45)42-19-7-5-16-37(42)38-17-6-8-20-43(38)49/h1-29H. The fourth-order valence-corrected chi connectivity index (χ4v) is 9.83. The molecule has 0 unspecified atom stereocenters. The number of rotatable bonds is 1. The highest BCUT2D eigenvalue weighted by Gasteiger charge is 2.50. The fourth-order valence-electron chi connectivity index (χ4n) is 9.83. The van der Waals surface area contributed by atoms with Crippen LogP contribution in [-0.2, 0) is 5.41 Å². The largest absolute Gasteiger partial charge is 0.309 e. The summed E-state index contributed by atoms with van der Waals surface area (Å²) < 4.78 is 2.54. The van der Waals surface area contributed by atoms with Gasteiger partial charge in [0, 0.05) is 10.8 Å². The Bertz CT molecular complexity index is 3020. The molecule has 2 heterocycles. The summed E-state index contributed by atoms with van der Waals surface area (Å²) in [6.07, 6.45) is 0. The summed E-state index contributed by atoms with van der Waals surface area (Å²) in [5.41, 5.74) is 14.0. The molecule has 1 heteroatoms. The molecule has 1 spiro atoms. The molecule has 1 nitrogen and oxygen atoms in total. The summed E-state index contributed by atoms with van der Waals surface area (Å²) in [6.45, 7) is 0. The molecule has 1 aliphatic heterocycles. The van der Waals surface area contributed by atoms with Gasteiger partial charge in [0.2, 0.25) is 0 Å².